The molecule has 0 saturated carbocycles. The van der Waals surface area contributed by atoms with E-state index in [-0.39, 0.29) is 0 Å². The van der Waals surface area contributed by atoms with E-state index in [0.29, 0.717) is 4.90 Å². The fraction of sp³-hybridized carbons (Fsp3) is 0.0909. The molecule has 1 heterocycles. The first-order valence-electron chi connectivity index (χ1n) is 4.54. The molecular formula is C11H11NO2S. The maximum Gasteiger partial charge on any atom is 0.188 e. The lowest BCUT2D eigenvalue weighted by Crippen LogP contribution is -1.89. The first-order valence-corrected chi connectivity index (χ1v) is 5.65. The lowest BCUT2D eigenvalue weighted by Gasteiger charge is -2.02. The minimum atomic E-state index is -1.95. The molecule has 15 heavy (non-hydrogen) atoms. The first-order chi connectivity index (χ1) is 7.20. The van der Waals surface area contributed by atoms with Crippen molar-refractivity contribution in [2.24, 2.45) is 0 Å². The average molecular weight is 221 g/mol. The zero-order valence-corrected chi connectivity index (χ0v) is 9.04. The van der Waals surface area contributed by atoms with E-state index in [1.165, 1.54) is 0 Å². The summed E-state index contributed by atoms with van der Waals surface area (Å²) < 4.78 is 20.2. The Morgan fingerprint density at radius 2 is 1.93 bits per heavy atom. The molecule has 0 saturated heterocycles. The average Bonchev–Trinajstić information content (AvgIpc) is 2.61. The van der Waals surface area contributed by atoms with Crippen molar-refractivity contribution in [1.82, 2.24) is 4.98 Å². The summed E-state index contributed by atoms with van der Waals surface area (Å²) in [7, 11) is 0. The largest absolute Gasteiger partial charge is 0.363 e. The number of hydrogen-bond donors (Lipinski definition) is 2. The molecule has 2 aromatic rings. The minimum Gasteiger partial charge on any atom is -0.363 e. The number of hydrogen-bond acceptors (Lipinski definition) is 1. The summed E-state index contributed by atoms with van der Waals surface area (Å²) in [5.41, 5.74) is 2.67. The van der Waals surface area contributed by atoms with Crippen LogP contribution in [-0.4, -0.2) is 13.7 Å². The highest BCUT2D eigenvalue weighted by Gasteiger charge is 2.13. The third-order valence-electron chi connectivity index (χ3n) is 2.29. The predicted octanol–water partition coefficient (Wildman–Crippen LogP) is 2.57. The van der Waals surface area contributed by atoms with Crippen LogP contribution in [0.3, 0.4) is 0 Å². The quantitative estimate of drug-likeness (QED) is 0.766. The molecule has 0 radical (unpaired) electrons. The highest BCUT2D eigenvalue weighted by atomic mass is 32.2. The molecule has 1 unspecified atom stereocenters. The van der Waals surface area contributed by atoms with Crippen molar-refractivity contribution >= 4 is 11.1 Å². The molecule has 0 spiro atoms. The molecule has 78 valence electrons. The summed E-state index contributed by atoms with van der Waals surface area (Å²) in [4.78, 5) is 3.39. The van der Waals surface area contributed by atoms with E-state index in [4.69, 9.17) is 4.55 Å². The SMILES string of the molecule is Cc1[nH]cc(S(=O)O)c1-c1ccccc1. The van der Waals surface area contributed by atoms with Gasteiger partial charge in [-0.2, -0.15) is 0 Å². The lowest BCUT2D eigenvalue weighted by molar-refractivity contribution is 0.565. The van der Waals surface area contributed by atoms with Gasteiger partial charge in [0.2, 0.25) is 0 Å². The molecule has 0 bridgehead atoms. The lowest BCUT2D eigenvalue weighted by atomic mass is 10.1. The van der Waals surface area contributed by atoms with Crippen molar-refractivity contribution in [2.45, 2.75) is 11.8 Å². The Balaban J connectivity index is 2.62. The van der Waals surface area contributed by atoms with E-state index in [0.717, 1.165) is 16.8 Å². The summed E-state index contributed by atoms with van der Waals surface area (Å²) in [6, 6.07) is 9.58. The highest BCUT2D eigenvalue weighted by Crippen LogP contribution is 2.28. The van der Waals surface area contributed by atoms with Gasteiger partial charge in [0.15, 0.2) is 11.1 Å². The van der Waals surface area contributed by atoms with E-state index < -0.39 is 11.1 Å². The number of nitrogens with one attached hydrogen (secondary N) is 1. The van der Waals surface area contributed by atoms with Crippen LogP contribution in [0.25, 0.3) is 11.1 Å². The van der Waals surface area contributed by atoms with E-state index >= 15 is 0 Å². The molecule has 1 atom stereocenters. The number of aromatic nitrogens is 1. The number of rotatable bonds is 2. The van der Waals surface area contributed by atoms with Crippen molar-refractivity contribution in [3.05, 3.63) is 42.2 Å². The van der Waals surface area contributed by atoms with Crippen LogP contribution in [-0.2, 0) is 11.1 Å². The molecule has 0 aliphatic heterocycles. The Kier molecular flexibility index (Phi) is 2.70. The van der Waals surface area contributed by atoms with Gasteiger partial charge in [-0.25, -0.2) is 4.21 Å². The predicted molar refractivity (Wildman–Crippen MR) is 60.0 cm³/mol. The van der Waals surface area contributed by atoms with Crippen LogP contribution in [0.2, 0.25) is 0 Å². The van der Waals surface area contributed by atoms with Gasteiger partial charge in [-0.3, -0.25) is 0 Å². The number of benzene rings is 1. The zero-order chi connectivity index (χ0) is 10.8. The van der Waals surface area contributed by atoms with Gasteiger partial charge in [0.25, 0.3) is 0 Å². The smallest absolute Gasteiger partial charge is 0.188 e. The molecular weight excluding hydrogens is 210 g/mol. The second-order valence-corrected chi connectivity index (χ2v) is 4.21. The number of H-pyrrole nitrogens is 1. The fourth-order valence-electron chi connectivity index (χ4n) is 1.60. The van der Waals surface area contributed by atoms with Crippen molar-refractivity contribution < 1.29 is 8.76 Å². The van der Waals surface area contributed by atoms with Crippen LogP contribution in [0, 0.1) is 6.92 Å². The summed E-state index contributed by atoms with van der Waals surface area (Å²) in [6.07, 6.45) is 1.58. The van der Waals surface area contributed by atoms with E-state index in [1.54, 1.807) is 6.20 Å². The van der Waals surface area contributed by atoms with Crippen LogP contribution < -0.4 is 0 Å². The molecule has 0 aliphatic carbocycles. The summed E-state index contributed by atoms with van der Waals surface area (Å²) in [5, 5.41) is 0. The highest BCUT2D eigenvalue weighted by molar-refractivity contribution is 7.79. The molecule has 3 nitrogen and oxygen atoms in total. The Morgan fingerprint density at radius 3 is 2.53 bits per heavy atom. The first kappa shape index (κ1) is 10.1. The van der Waals surface area contributed by atoms with Crippen LogP contribution in [0.4, 0.5) is 0 Å². The van der Waals surface area contributed by atoms with Gasteiger partial charge in [0.05, 0.1) is 4.90 Å². The fourth-order valence-corrected chi connectivity index (χ4v) is 2.21. The third kappa shape index (κ3) is 1.86. The van der Waals surface area contributed by atoms with Gasteiger partial charge in [0, 0.05) is 17.5 Å². The van der Waals surface area contributed by atoms with Crippen molar-refractivity contribution in [1.29, 1.82) is 0 Å². The minimum absolute atomic E-state index is 0.429. The molecule has 1 aromatic carbocycles. The van der Waals surface area contributed by atoms with Crippen LogP contribution in [0.5, 0.6) is 0 Å². The molecule has 0 fully saturated rings. The molecule has 2 N–H and O–H groups in total. The van der Waals surface area contributed by atoms with Crippen molar-refractivity contribution in [3.8, 4) is 11.1 Å². The number of aromatic amines is 1. The van der Waals surface area contributed by atoms with Gasteiger partial charge in [-0.05, 0) is 12.5 Å². The Labute approximate surface area is 90.4 Å². The second-order valence-electron chi connectivity index (χ2n) is 3.27. The number of aryl methyl sites for hydroxylation is 1. The summed E-state index contributed by atoms with van der Waals surface area (Å²) in [5.74, 6) is 0. The Morgan fingerprint density at radius 1 is 1.27 bits per heavy atom. The van der Waals surface area contributed by atoms with Crippen LogP contribution >= 0.6 is 0 Å². The van der Waals surface area contributed by atoms with Crippen molar-refractivity contribution in [3.63, 3.8) is 0 Å². The topological polar surface area (TPSA) is 53.1 Å². The van der Waals surface area contributed by atoms with E-state index in [2.05, 4.69) is 4.98 Å². The molecule has 0 aliphatic rings. The van der Waals surface area contributed by atoms with Crippen molar-refractivity contribution in [2.75, 3.05) is 0 Å². The Hall–Kier alpha value is -1.39. The standard InChI is InChI=1S/C11H11NO2S/c1-8-11(9-5-3-2-4-6-9)10(7-12-8)15(13)14/h2-7,12H,1H3,(H,13,14). The van der Waals surface area contributed by atoms with Gasteiger partial charge in [0.1, 0.15) is 0 Å². The monoisotopic (exact) mass is 221 g/mol. The zero-order valence-electron chi connectivity index (χ0n) is 8.23. The van der Waals surface area contributed by atoms with Crippen LogP contribution in [0.15, 0.2) is 41.4 Å². The van der Waals surface area contributed by atoms with E-state index in [1.807, 2.05) is 37.3 Å². The van der Waals surface area contributed by atoms with E-state index in [9.17, 15) is 4.21 Å². The Bertz CT molecular complexity index is 491. The molecule has 1 aromatic heterocycles. The van der Waals surface area contributed by atoms with Crippen LogP contribution in [0.1, 0.15) is 5.69 Å². The molecule has 2 rings (SSSR count). The normalized spacial score (nSPS) is 12.7. The van der Waals surface area contributed by atoms with Gasteiger partial charge >= 0.3 is 0 Å². The third-order valence-corrected chi connectivity index (χ3v) is 2.99. The summed E-state index contributed by atoms with van der Waals surface area (Å²) in [6.45, 7) is 1.89. The molecule has 0 amide bonds. The maximum absolute atomic E-state index is 11.1. The summed E-state index contributed by atoms with van der Waals surface area (Å²) >= 11 is -1.95. The van der Waals surface area contributed by atoms with Gasteiger partial charge in [-0.15, -0.1) is 0 Å². The second kappa shape index (κ2) is 4.00. The van der Waals surface area contributed by atoms with Gasteiger partial charge in [-0.1, -0.05) is 30.3 Å². The maximum atomic E-state index is 11.1. The molecule has 4 heteroatoms. The van der Waals surface area contributed by atoms with Gasteiger partial charge < -0.3 is 9.54 Å².